The van der Waals surface area contributed by atoms with Gasteiger partial charge in [0.25, 0.3) is 0 Å². The Labute approximate surface area is 283 Å². The van der Waals surface area contributed by atoms with Crippen molar-refractivity contribution in [2.75, 3.05) is 0 Å². The first-order valence-electron chi connectivity index (χ1n) is 16.4. The van der Waals surface area contributed by atoms with E-state index in [9.17, 15) is 9.90 Å². The van der Waals surface area contributed by atoms with Crippen LogP contribution in [0.2, 0.25) is 0 Å². The molecular formula is C38H45IrN2O2S-. The first kappa shape index (κ1) is 32.5. The fourth-order valence-electron chi connectivity index (χ4n) is 5.41. The number of hydrogen-bond acceptors (Lipinski definition) is 5. The number of aromatic nitrogens is 2. The van der Waals surface area contributed by atoms with E-state index in [-0.39, 0.29) is 61.0 Å². The van der Waals surface area contributed by atoms with E-state index < -0.39 is 0 Å². The van der Waals surface area contributed by atoms with Crippen LogP contribution in [0.1, 0.15) is 82.5 Å². The van der Waals surface area contributed by atoms with Crippen molar-refractivity contribution in [3.05, 3.63) is 84.3 Å². The zero-order valence-corrected chi connectivity index (χ0v) is 30.1. The van der Waals surface area contributed by atoms with Gasteiger partial charge in [-0.15, -0.1) is 40.9 Å². The van der Waals surface area contributed by atoms with Gasteiger partial charge in [-0.2, -0.15) is 0 Å². The van der Waals surface area contributed by atoms with Crippen molar-refractivity contribution in [2.24, 2.45) is 17.3 Å². The largest absolute Gasteiger partial charge is 0.512 e. The number of ketones is 1. The number of aliphatic hydroxyl groups is 1. The van der Waals surface area contributed by atoms with Crippen LogP contribution in [-0.4, -0.2) is 20.9 Å². The average molecular weight is 788 g/mol. The Balaban J connectivity index is 0.000000309. The smallest absolute Gasteiger partial charge is 0.162 e. The van der Waals surface area contributed by atoms with Crippen molar-refractivity contribution in [1.82, 2.24) is 9.97 Å². The first-order valence-corrected chi connectivity index (χ1v) is 16.3. The van der Waals surface area contributed by atoms with Gasteiger partial charge in [0, 0.05) is 61.2 Å². The third-order valence-electron chi connectivity index (χ3n) is 7.88. The second-order valence-corrected chi connectivity index (χ2v) is 13.4. The van der Waals surface area contributed by atoms with Crippen LogP contribution < -0.4 is 0 Å². The Morgan fingerprint density at radius 2 is 1.68 bits per heavy atom. The van der Waals surface area contributed by atoms with E-state index in [1.165, 1.54) is 16.3 Å². The van der Waals surface area contributed by atoms with Crippen LogP contribution in [0.5, 0.6) is 0 Å². The summed E-state index contributed by atoms with van der Waals surface area (Å²) in [7, 11) is 0. The van der Waals surface area contributed by atoms with Gasteiger partial charge < -0.3 is 5.11 Å². The second kappa shape index (κ2) is 15.9. The second-order valence-electron chi connectivity index (χ2n) is 12.4. The molecule has 0 saturated carbocycles. The first-order chi connectivity index (χ1) is 21.4. The fourth-order valence-corrected chi connectivity index (χ4v) is 6.63. The third kappa shape index (κ3) is 8.62. The van der Waals surface area contributed by atoms with Gasteiger partial charge in [-0.1, -0.05) is 89.7 Å². The third-order valence-corrected chi connectivity index (χ3v) is 9.03. The Kier molecular flexibility index (Phi) is 11.7. The molecule has 0 unspecified atom stereocenters. The van der Waals surface area contributed by atoms with Crippen molar-refractivity contribution >= 4 is 48.2 Å². The topological polar surface area (TPSA) is 63.1 Å². The van der Waals surface area contributed by atoms with Crippen LogP contribution in [0.25, 0.3) is 42.3 Å². The van der Waals surface area contributed by atoms with Gasteiger partial charge >= 0.3 is 0 Å². The Bertz CT molecular complexity index is 1840. The van der Waals surface area contributed by atoms with Gasteiger partial charge in [0.2, 0.25) is 0 Å². The summed E-state index contributed by atoms with van der Waals surface area (Å²) < 4.78 is 19.2. The quantitative estimate of drug-likeness (QED) is 0.0918. The Morgan fingerprint density at radius 1 is 1.00 bits per heavy atom. The number of nitrogens with zero attached hydrogens (tertiary/aromatic N) is 2. The summed E-state index contributed by atoms with van der Waals surface area (Å²) in [6, 6.07) is 17.9. The molecule has 0 amide bonds. The van der Waals surface area contributed by atoms with Gasteiger partial charge in [0.05, 0.1) is 11.3 Å². The fraction of sp³-hybridized carbons (Fsp3) is 0.395. The maximum atomic E-state index is 11.7. The van der Waals surface area contributed by atoms with Crippen molar-refractivity contribution in [2.45, 2.75) is 80.6 Å². The number of thiophene rings is 1. The molecule has 6 heteroatoms. The van der Waals surface area contributed by atoms with Crippen LogP contribution in [-0.2, 0) is 31.3 Å². The molecule has 3 aromatic carbocycles. The molecular weight excluding hydrogens is 741 g/mol. The van der Waals surface area contributed by atoms with E-state index in [1.54, 1.807) is 17.7 Å². The minimum absolute atomic E-state index is 0. The predicted molar refractivity (Wildman–Crippen MR) is 184 cm³/mol. The summed E-state index contributed by atoms with van der Waals surface area (Å²) in [6.07, 6.45) is 7.47. The number of carbonyl (C=O) groups is 1. The molecule has 0 aliphatic carbocycles. The normalized spacial score (nSPS) is 12.7. The molecule has 0 fully saturated rings. The van der Waals surface area contributed by atoms with Crippen LogP contribution in [0.3, 0.4) is 0 Å². The molecule has 2 heterocycles. The van der Waals surface area contributed by atoms with Gasteiger partial charge in [0.1, 0.15) is 6.33 Å². The molecule has 5 aromatic rings. The van der Waals surface area contributed by atoms with Crippen molar-refractivity contribution < 1.29 is 32.7 Å². The van der Waals surface area contributed by atoms with Gasteiger partial charge in [-0.05, 0) is 49.1 Å². The number of hydrogen-bond donors (Lipinski definition) is 1. The van der Waals surface area contributed by atoms with Crippen molar-refractivity contribution in [1.29, 1.82) is 0 Å². The maximum Gasteiger partial charge on any atom is 0.162 e. The van der Waals surface area contributed by atoms with Gasteiger partial charge in [0.15, 0.2) is 5.78 Å². The van der Waals surface area contributed by atoms with Crippen molar-refractivity contribution in [3.8, 4) is 11.3 Å². The van der Waals surface area contributed by atoms with E-state index in [2.05, 4.69) is 55.0 Å². The summed E-state index contributed by atoms with van der Waals surface area (Å²) in [4.78, 5) is 20.8. The molecule has 1 N–H and O–H groups in total. The van der Waals surface area contributed by atoms with Crippen LogP contribution in [0.15, 0.2) is 72.7 Å². The molecule has 0 aliphatic heterocycles. The summed E-state index contributed by atoms with van der Waals surface area (Å²) >= 11 is 1.65. The standard InChI is InChI=1S/C25H21N2S.C13H24O2.Ir/c1-25(2,3)14-16-8-11-20-21(12-16)28-24-22(26-15-27-23(20)24)19-10-9-17-6-4-5-7-18(17)13-19;1-5-10(6-2)12(14)9-13(15)11(7-3)8-4;/h4-12,15H,14H2,1-3H3;9-11,14H,5-8H2,1-4H3;/q-1;;/b;12-9-;/i9D,10D;;. The Morgan fingerprint density at radius 3 is 2.34 bits per heavy atom. The average Bonchev–Trinajstić information content (AvgIpc) is 3.38. The monoisotopic (exact) mass is 788 g/mol. The number of benzene rings is 3. The minimum Gasteiger partial charge on any atom is -0.512 e. The molecule has 2 aromatic heterocycles. The van der Waals surface area contributed by atoms with Crippen molar-refractivity contribution in [3.63, 3.8) is 0 Å². The predicted octanol–water partition coefficient (Wildman–Crippen LogP) is 10.9. The minimum atomic E-state index is 0. The molecule has 4 nitrogen and oxygen atoms in total. The number of fused-ring (bicyclic) bond motifs is 4. The molecule has 44 heavy (non-hydrogen) atoms. The van der Waals surface area contributed by atoms with Crippen LogP contribution in [0, 0.1) is 23.3 Å². The van der Waals surface area contributed by atoms with E-state index in [4.69, 9.17) is 2.74 Å². The van der Waals surface area contributed by atoms with E-state index >= 15 is 0 Å². The van der Waals surface area contributed by atoms with Gasteiger partial charge in [-0.3, -0.25) is 9.78 Å². The maximum absolute atomic E-state index is 11.7. The zero-order chi connectivity index (χ0) is 32.9. The molecule has 0 bridgehead atoms. The SMILES string of the molecule is CCC(CC)C(=O)/C=C(\O)C(CC)CC.[2H]c1c(-c2ncnc3c2sc2cc(CC(C)(C)C)ccc23)[c-]c2ccccc2c1[2H].[Ir]. The van der Waals surface area contributed by atoms with E-state index in [0.717, 1.165) is 58.5 Å². The summed E-state index contributed by atoms with van der Waals surface area (Å²) in [5.41, 5.74) is 3.67. The molecule has 1 radical (unpaired) electrons. The summed E-state index contributed by atoms with van der Waals surface area (Å²) in [6.45, 7) is 14.8. The molecule has 5 rings (SSSR count). The molecule has 0 aliphatic rings. The van der Waals surface area contributed by atoms with Gasteiger partial charge in [-0.25, -0.2) is 4.98 Å². The van der Waals surface area contributed by atoms with E-state index in [1.807, 2.05) is 52.0 Å². The summed E-state index contributed by atoms with van der Waals surface area (Å²) in [5.74, 6) is 0.547. The Hall–Kier alpha value is -2.92. The zero-order valence-electron chi connectivity index (χ0n) is 28.9. The number of allylic oxidation sites excluding steroid dienone is 2. The molecule has 0 saturated heterocycles. The van der Waals surface area contributed by atoms with Crippen LogP contribution in [0.4, 0.5) is 0 Å². The number of aliphatic hydroxyl groups excluding tert-OH is 1. The molecule has 0 spiro atoms. The van der Waals surface area contributed by atoms with E-state index in [0.29, 0.717) is 11.3 Å². The number of rotatable bonds is 9. The summed E-state index contributed by atoms with van der Waals surface area (Å²) in [5, 5.41) is 12.4. The molecule has 235 valence electrons. The van der Waals surface area contributed by atoms with Crippen LogP contribution >= 0.6 is 11.3 Å². The number of carbonyl (C=O) groups excluding carboxylic acids is 1. The molecule has 0 atom stereocenters.